The molecule has 0 bridgehead atoms. The van der Waals surface area contributed by atoms with Gasteiger partial charge in [-0.3, -0.25) is 9.59 Å². The van der Waals surface area contributed by atoms with Gasteiger partial charge in [-0.1, -0.05) is 39.0 Å². The summed E-state index contributed by atoms with van der Waals surface area (Å²) in [6.07, 6.45) is 0.0334. The fraction of sp³-hybridized carbons (Fsp3) is 0.462. The zero-order chi connectivity index (χ0) is 23.6. The molecule has 2 unspecified atom stereocenters. The number of amides is 2. The number of nitrogens with one attached hydrogen (secondary N) is 1. The number of halogens is 1. The molecule has 2 aromatic rings. The summed E-state index contributed by atoms with van der Waals surface area (Å²) in [6, 6.07) is 11.7. The van der Waals surface area contributed by atoms with Gasteiger partial charge in [-0.25, -0.2) is 4.39 Å². The highest BCUT2D eigenvalue weighted by Gasteiger charge is 2.37. The minimum atomic E-state index is -0.668. The van der Waals surface area contributed by atoms with E-state index in [1.165, 1.54) is 12.1 Å². The molecule has 32 heavy (non-hydrogen) atoms. The van der Waals surface area contributed by atoms with Gasteiger partial charge in [-0.05, 0) is 68.1 Å². The van der Waals surface area contributed by atoms with Crippen LogP contribution in [0.4, 0.5) is 4.39 Å². The number of hydrogen-bond acceptors (Lipinski definition) is 3. The van der Waals surface area contributed by atoms with Crippen LogP contribution in [0.3, 0.4) is 0 Å². The number of hydrogen-bond donors (Lipinski definition) is 1. The summed E-state index contributed by atoms with van der Waals surface area (Å²) in [7, 11) is 0. The van der Waals surface area contributed by atoms with Gasteiger partial charge in [0.15, 0.2) is 6.10 Å². The molecule has 0 spiro atoms. The smallest absolute Gasteiger partial charge is 0.260 e. The van der Waals surface area contributed by atoms with E-state index in [2.05, 4.69) is 5.32 Å². The maximum atomic E-state index is 14.1. The van der Waals surface area contributed by atoms with E-state index < -0.39 is 17.6 Å². The maximum absolute atomic E-state index is 14.1. The topological polar surface area (TPSA) is 58.6 Å². The number of fused-ring (bicyclic) bond motifs is 1. The quantitative estimate of drug-likeness (QED) is 0.737. The summed E-state index contributed by atoms with van der Waals surface area (Å²) in [6.45, 7) is 11.7. The largest absolute Gasteiger partial charge is 0.481 e. The molecule has 3 rings (SSSR count). The first-order valence-corrected chi connectivity index (χ1v) is 11.1. The van der Waals surface area contributed by atoms with Crippen molar-refractivity contribution in [2.45, 2.75) is 66.2 Å². The van der Waals surface area contributed by atoms with Crippen LogP contribution in [0.15, 0.2) is 42.5 Å². The Morgan fingerprint density at radius 3 is 2.47 bits per heavy atom. The zero-order valence-electron chi connectivity index (χ0n) is 19.7. The average Bonchev–Trinajstić information content (AvgIpc) is 2.71. The minimum Gasteiger partial charge on any atom is -0.481 e. The van der Waals surface area contributed by atoms with Crippen LogP contribution in [0.25, 0.3) is 0 Å². The summed E-state index contributed by atoms with van der Waals surface area (Å²) in [5, 5.41) is 2.85. The molecule has 2 aromatic carbocycles. The molecule has 1 heterocycles. The Morgan fingerprint density at radius 2 is 1.84 bits per heavy atom. The van der Waals surface area contributed by atoms with E-state index >= 15 is 0 Å². The number of benzene rings is 2. The average molecular weight is 441 g/mol. The predicted molar refractivity (Wildman–Crippen MR) is 123 cm³/mol. The molecule has 172 valence electrons. The van der Waals surface area contributed by atoms with E-state index in [1.807, 2.05) is 63.8 Å². The highest BCUT2D eigenvalue weighted by atomic mass is 19.1. The van der Waals surface area contributed by atoms with Crippen molar-refractivity contribution >= 4 is 11.8 Å². The Bertz CT molecular complexity index is 997. The van der Waals surface area contributed by atoms with E-state index in [4.69, 9.17) is 4.74 Å². The van der Waals surface area contributed by atoms with Gasteiger partial charge < -0.3 is 15.0 Å². The Kier molecular flexibility index (Phi) is 6.91. The lowest BCUT2D eigenvalue weighted by Gasteiger charge is -2.41. The van der Waals surface area contributed by atoms with E-state index in [0.29, 0.717) is 24.3 Å². The summed E-state index contributed by atoms with van der Waals surface area (Å²) in [5.74, 6) is 0.0168. The number of rotatable bonds is 5. The molecule has 2 atom stereocenters. The van der Waals surface area contributed by atoms with Gasteiger partial charge in [0.25, 0.3) is 5.91 Å². The Balaban J connectivity index is 2.01. The van der Waals surface area contributed by atoms with Gasteiger partial charge in [-0.2, -0.15) is 0 Å². The first-order chi connectivity index (χ1) is 15.0. The SMILES string of the molecule is CC(C)NC(=O)C(C)Oc1ccc2c(c1)C(c1cccc(F)c1)N(C(=O)C(C)(C)C)CC2. The van der Waals surface area contributed by atoms with Crippen LogP contribution in [-0.2, 0) is 16.0 Å². The molecule has 0 saturated heterocycles. The number of carbonyl (C=O) groups is 2. The molecule has 5 nitrogen and oxygen atoms in total. The minimum absolute atomic E-state index is 0.00779. The summed E-state index contributed by atoms with van der Waals surface area (Å²) < 4.78 is 20.1. The molecule has 0 radical (unpaired) electrons. The monoisotopic (exact) mass is 440 g/mol. The molecular formula is C26H33FN2O3. The second-order valence-corrected chi connectivity index (χ2v) is 9.74. The van der Waals surface area contributed by atoms with Gasteiger partial charge in [0, 0.05) is 18.0 Å². The van der Waals surface area contributed by atoms with Crippen LogP contribution in [-0.4, -0.2) is 35.4 Å². The molecule has 0 fully saturated rings. The molecule has 1 aliphatic heterocycles. The van der Waals surface area contributed by atoms with Crippen molar-refractivity contribution in [1.82, 2.24) is 10.2 Å². The van der Waals surface area contributed by atoms with Crippen molar-refractivity contribution in [3.63, 3.8) is 0 Å². The third-order valence-electron chi connectivity index (χ3n) is 5.53. The lowest BCUT2D eigenvalue weighted by Crippen LogP contribution is -2.45. The lowest BCUT2D eigenvalue weighted by molar-refractivity contribution is -0.141. The van der Waals surface area contributed by atoms with Crippen LogP contribution in [0.1, 0.15) is 64.3 Å². The fourth-order valence-electron chi connectivity index (χ4n) is 4.01. The maximum Gasteiger partial charge on any atom is 0.260 e. The Morgan fingerprint density at radius 1 is 1.12 bits per heavy atom. The predicted octanol–water partition coefficient (Wildman–Crippen LogP) is 4.64. The summed E-state index contributed by atoms with van der Waals surface area (Å²) in [5.41, 5.74) is 2.13. The van der Waals surface area contributed by atoms with E-state index in [1.54, 1.807) is 13.0 Å². The van der Waals surface area contributed by atoms with Crippen LogP contribution >= 0.6 is 0 Å². The number of nitrogens with zero attached hydrogens (tertiary/aromatic N) is 1. The lowest BCUT2D eigenvalue weighted by atomic mass is 9.85. The second kappa shape index (κ2) is 9.31. The number of ether oxygens (including phenoxy) is 1. The van der Waals surface area contributed by atoms with Gasteiger partial charge in [0.05, 0.1) is 6.04 Å². The zero-order valence-corrected chi connectivity index (χ0v) is 19.7. The van der Waals surface area contributed by atoms with Crippen LogP contribution in [0.2, 0.25) is 0 Å². The molecule has 1 aliphatic rings. The Hall–Kier alpha value is -2.89. The highest BCUT2D eigenvalue weighted by Crippen LogP contribution is 2.39. The molecule has 0 aliphatic carbocycles. The molecule has 6 heteroatoms. The van der Waals surface area contributed by atoms with Crippen molar-refractivity contribution in [2.24, 2.45) is 5.41 Å². The third-order valence-corrected chi connectivity index (χ3v) is 5.53. The molecular weight excluding hydrogens is 407 g/mol. The van der Waals surface area contributed by atoms with Crippen molar-refractivity contribution in [2.75, 3.05) is 6.54 Å². The Labute approximate surface area is 190 Å². The van der Waals surface area contributed by atoms with Crippen molar-refractivity contribution in [1.29, 1.82) is 0 Å². The molecule has 0 aromatic heterocycles. The molecule has 2 amide bonds. The van der Waals surface area contributed by atoms with Gasteiger partial charge in [0.2, 0.25) is 5.91 Å². The highest BCUT2D eigenvalue weighted by molar-refractivity contribution is 5.83. The normalized spacial score (nSPS) is 17.0. The first kappa shape index (κ1) is 23.8. The second-order valence-electron chi connectivity index (χ2n) is 9.74. The van der Waals surface area contributed by atoms with Gasteiger partial charge in [-0.15, -0.1) is 0 Å². The first-order valence-electron chi connectivity index (χ1n) is 11.1. The molecule has 1 N–H and O–H groups in total. The standard InChI is InChI=1S/C26H33FN2O3/c1-16(2)28-24(30)17(3)32-21-11-10-18-12-13-29(25(31)26(4,5)6)23(22(18)15-21)19-8-7-9-20(27)14-19/h7-11,14-17,23H,12-13H2,1-6H3,(H,28,30). The number of carbonyl (C=O) groups excluding carboxylic acids is 2. The molecule has 0 saturated carbocycles. The van der Waals surface area contributed by atoms with E-state index in [-0.39, 0.29) is 23.7 Å². The van der Waals surface area contributed by atoms with Crippen LogP contribution in [0, 0.1) is 11.2 Å². The van der Waals surface area contributed by atoms with Gasteiger partial charge >= 0.3 is 0 Å². The van der Waals surface area contributed by atoms with Crippen LogP contribution < -0.4 is 10.1 Å². The summed E-state index contributed by atoms with van der Waals surface area (Å²) in [4.78, 5) is 27.4. The third kappa shape index (κ3) is 5.29. The van der Waals surface area contributed by atoms with Crippen molar-refractivity contribution < 1.29 is 18.7 Å². The van der Waals surface area contributed by atoms with Crippen molar-refractivity contribution in [3.05, 3.63) is 65.0 Å². The summed E-state index contributed by atoms with van der Waals surface area (Å²) >= 11 is 0. The van der Waals surface area contributed by atoms with Crippen molar-refractivity contribution in [3.8, 4) is 5.75 Å². The van der Waals surface area contributed by atoms with Gasteiger partial charge in [0.1, 0.15) is 11.6 Å². The fourth-order valence-corrected chi connectivity index (χ4v) is 4.01. The van der Waals surface area contributed by atoms with Crippen LogP contribution in [0.5, 0.6) is 5.75 Å². The van der Waals surface area contributed by atoms with E-state index in [0.717, 1.165) is 11.1 Å². The van der Waals surface area contributed by atoms with E-state index in [9.17, 15) is 14.0 Å².